The second-order valence-electron chi connectivity index (χ2n) is 2.79. The van der Waals surface area contributed by atoms with Gasteiger partial charge in [-0.15, -0.1) is 12.4 Å². The second-order valence-corrected chi connectivity index (χ2v) is 2.79. The number of ether oxygens (including phenoxy) is 1. The number of methoxy groups -OCH3 is 1. The van der Waals surface area contributed by atoms with E-state index in [1.165, 1.54) is 14.0 Å². The van der Waals surface area contributed by atoms with Crippen molar-refractivity contribution >= 4 is 12.4 Å². The summed E-state index contributed by atoms with van der Waals surface area (Å²) in [5, 5.41) is 0. The van der Waals surface area contributed by atoms with Crippen LogP contribution in [-0.2, 0) is 0 Å². The summed E-state index contributed by atoms with van der Waals surface area (Å²) in [6.07, 6.45) is 0. The van der Waals surface area contributed by atoms with Crippen LogP contribution in [0.5, 0.6) is 5.75 Å². The zero-order chi connectivity index (χ0) is 10.0. The van der Waals surface area contributed by atoms with E-state index in [1.54, 1.807) is 0 Å². The Bertz CT molecular complexity index is 295. The van der Waals surface area contributed by atoms with E-state index in [9.17, 15) is 8.78 Å². The summed E-state index contributed by atoms with van der Waals surface area (Å²) in [4.78, 5) is 0. The maximum absolute atomic E-state index is 13.1. The first-order valence-electron chi connectivity index (χ1n) is 3.84. The van der Waals surface area contributed by atoms with Crippen molar-refractivity contribution in [3.05, 3.63) is 29.3 Å². The molecule has 0 radical (unpaired) electrons. The first-order chi connectivity index (χ1) is 6.06. The Labute approximate surface area is 87.5 Å². The lowest BCUT2D eigenvalue weighted by molar-refractivity contribution is 0.404. The van der Waals surface area contributed by atoms with Crippen molar-refractivity contribution in [2.75, 3.05) is 7.11 Å². The molecule has 5 heteroatoms. The van der Waals surface area contributed by atoms with Crippen LogP contribution < -0.4 is 10.5 Å². The number of nitrogens with two attached hydrogens (primary N) is 1. The van der Waals surface area contributed by atoms with Gasteiger partial charge in [0.1, 0.15) is 17.4 Å². The van der Waals surface area contributed by atoms with E-state index >= 15 is 0 Å². The maximum Gasteiger partial charge on any atom is 0.134 e. The molecule has 0 aliphatic heterocycles. The molecule has 0 unspecified atom stereocenters. The van der Waals surface area contributed by atoms with Crippen LogP contribution >= 0.6 is 12.4 Å². The molecule has 0 spiro atoms. The van der Waals surface area contributed by atoms with Gasteiger partial charge >= 0.3 is 0 Å². The van der Waals surface area contributed by atoms with E-state index in [2.05, 4.69) is 4.74 Å². The summed E-state index contributed by atoms with van der Waals surface area (Å²) >= 11 is 0. The van der Waals surface area contributed by atoms with E-state index in [1.807, 2.05) is 0 Å². The van der Waals surface area contributed by atoms with Gasteiger partial charge in [0.05, 0.1) is 7.11 Å². The quantitative estimate of drug-likeness (QED) is 0.836. The molecular formula is C9H12ClF2NO. The van der Waals surface area contributed by atoms with Crippen LogP contribution in [0.3, 0.4) is 0 Å². The predicted octanol–water partition coefficient (Wildman–Crippen LogP) is 2.41. The van der Waals surface area contributed by atoms with Crippen LogP contribution in [0.4, 0.5) is 8.78 Å². The third-order valence-electron chi connectivity index (χ3n) is 1.74. The molecule has 1 rings (SSSR count). The fourth-order valence-electron chi connectivity index (χ4n) is 1.11. The highest BCUT2D eigenvalue weighted by molar-refractivity contribution is 5.85. The lowest BCUT2D eigenvalue weighted by atomic mass is 10.1. The van der Waals surface area contributed by atoms with Crippen molar-refractivity contribution in [3.8, 4) is 5.75 Å². The highest BCUT2D eigenvalue weighted by atomic mass is 35.5. The summed E-state index contributed by atoms with van der Waals surface area (Å²) in [6.45, 7) is 1.52. The average Bonchev–Trinajstić information content (AvgIpc) is 2.02. The van der Waals surface area contributed by atoms with E-state index in [0.717, 1.165) is 12.1 Å². The van der Waals surface area contributed by atoms with Crippen LogP contribution in [0.25, 0.3) is 0 Å². The molecule has 1 atom stereocenters. The van der Waals surface area contributed by atoms with Gasteiger partial charge in [0, 0.05) is 23.7 Å². The molecule has 0 aliphatic carbocycles. The Morgan fingerprint density at radius 1 is 1.29 bits per heavy atom. The SMILES string of the molecule is COc1cc(F)c([C@H](C)N)c(F)c1.Cl. The number of halogens is 3. The topological polar surface area (TPSA) is 35.2 Å². The third kappa shape index (κ3) is 2.56. The predicted molar refractivity (Wildman–Crippen MR) is 52.8 cm³/mol. The minimum Gasteiger partial charge on any atom is -0.497 e. The first kappa shape index (κ1) is 13.1. The molecule has 80 valence electrons. The lowest BCUT2D eigenvalue weighted by Crippen LogP contribution is -2.10. The van der Waals surface area contributed by atoms with E-state index in [0.29, 0.717) is 0 Å². The summed E-state index contributed by atoms with van der Waals surface area (Å²) in [7, 11) is 1.35. The number of hydrogen-bond acceptors (Lipinski definition) is 2. The molecule has 1 aromatic rings. The van der Waals surface area contributed by atoms with Gasteiger partial charge in [-0.3, -0.25) is 0 Å². The molecule has 0 saturated carbocycles. The van der Waals surface area contributed by atoms with Gasteiger partial charge in [-0.1, -0.05) is 0 Å². The molecule has 0 saturated heterocycles. The van der Waals surface area contributed by atoms with Gasteiger partial charge in [-0.2, -0.15) is 0 Å². The van der Waals surface area contributed by atoms with Crippen molar-refractivity contribution in [2.24, 2.45) is 5.73 Å². The van der Waals surface area contributed by atoms with Crippen molar-refractivity contribution in [3.63, 3.8) is 0 Å². The van der Waals surface area contributed by atoms with Crippen LogP contribution in [0.1, 0.15) is 18.5 Å². The highest BCUT2D eigenvalue weighted by Gasteiger charge is 2.14. The van der Waals surface area contributed by atoms with Crippen molar-refractivity contribution < 1.29 is 13.5 Å². The smallest absolute Gasteiger partial charge is 0.134 e. The fraction of sp³-hybridized carbons (Fsp3) is 0.333. The van der Waals surface area contributed by atoms with Crippen LogP contribution in [-0.4, -0.2) is 7.11 Å². The molecule has 1 aromatic carbocycles. The largest absolute Gasteiger partial charge is 0.497 e. The maximum atomic E-state index is 13.1. The molecule has 0 fully saturated rings. The monoisotopic (exact) mass is 223 g/mol. The summed E-state index contributed by atoms with van der Waals surface area (Å²) in [5.74, 6) is -1.20. The van der Waals surface area contributed by atoms with Crippen LogP contribution in [0, 0.1) is 11.6 Å². The minimum atomic E-state index is -0.674. The van der Waals surface area contributed by atoms with Crippen molar-refractivity contribution in [1.29, 1.82) is 0 Å². The third-order valence-corrected chi connectivity index (χ3v) is 1.74. The van der Waals surface area contributed by atoms with E-state index in [4.69, 9.17) is 5.73 Å². The Kier molecular flexibility index (Phi) is 4.80. The molecule has 2 N–H and O–H groups in total. The van der Waals surface area contributed by atoms with Gasteiger partial charge in [-0.05, 0) is 6.92 Å². The van der Waals surface area contributed by atoms with Gasteiger partial charge in [0.25, 0.3) is 0 Å². The van der Waals surface area contributed by atoms with Crippen LogP contribution in [0.15, 0.2) is 12.1 Å². The van der Waals surface area contributed by atoms with E-state index < -0.39 is 17.7 Å². The molecule has 2 nitrogen and oxygen atoms in total. The molecule has 0 aliphatic rings. The summed E-state index contributed by atoms with van der Waals surface area (Å²) in [6, 6.07) is 1.56. The Hall–Kier alpha value is -0.870. The molecular weight excluding hydrogens is 212 g/mol. The molecule has 14 heavy (non-hydrogen) atoms. The summed E-state index contributed by atoms with van der Waals surface area (Å²) in [5.41, 5.74) is 5.28. The zero-order valence-electron chi connectivity index (χ0n) is 7.88. The second kappa shape index (κ2) is 5.12. The van der Waals surface area contributed by atoms with Gasteiger partial charge in [0.2, 0.25) is 0 Å². The molecule has 0 aromatic heterocycles. The Morgan fingerprint density at radius 3 is 2.00 bits per heavy atom. The lowest BCUT2D eigenvalue weighted by Gasteiger charge is -2.09. The summed E-state index contributed by atoms with van der Waals surface area (Å²) < 4.78 is 31.0. The van der Waals surface area contributed by atoms with Gasteiger partial charge in [-0.25, -0.2) is 8.78 Å². The standard InChI is InChI=1S/C9H11F2NO.ClH/c1-5(12)9-7(10)3-6(13-2)4-8(9)11;/h3-5H,12H2,1-2H3;1H/t5-;/m0./s1. The normalized spacial score (nSPS) is 11.8. The highest BCUT2D eigenvalue weighted by Crippen LogP contribution is 2.23. The fourth-order valence-corrected chi connectivity index (χ4v) is 1.11. The van der Waals surface area contributed by atoms with Gasteiger partial charge in [0.15, 0.2) is 0 Å². The number of rotatable bonds is 2. The zero-order valence-corrected chi connectivity index (χ0v) is 8.70. The average molecular weight is 224 g/mol. The number of benzene rings is 1. The molecule has 0 bridgehead atoms. The van der Waals surface area contributed by atoms with Gasteiger partial charge < -0.3 is 10.5 Å². The van der Waals surface area contributed by atoms with Crippen LogP contribution in [0.2, 0.25) is 0 Å². The molecule has 0 heterocycles. The van der Waals surface area contributed by atoms with E-state index in [-0.39, 0.29) is 23.7 Å². The minimum absolute atomic E-state index is 0. The number of hydrogen-bond donors (Lipinski definition) is 1. The molecule has 0 amide bonds. The Morgan fingerprint density at radius 2 is 1.71 bits per heavy atom. The first-order valence-corrected chi connectivity index (χ1v) is 3.84. The van der Waals surface area contributed by atoms with Crippen molar-refractivity contribution in [1.82, 2.24) is 0 Å². The van der Waals surface area contributed by atoms with Crippen molar-refractivity contribution in [2.45, 2.75) is 13.0 Å². The Balaban J connectivity index is 0.00000169.